The zero-order valence-corrected chi connectivity index (χ0v) is 18.5. The second-order valence-corrected chi connectivity index (χ2v) is 5.99. The topological polar surface area (TPSA) is 52.9 Å². The third kappa shape index (κ3) is 25.1. The Morgan fingerprint density at radius 1 is 0.619 bits per heavy atom. The van der Waals surface area contributed by atoms with Gasteiger partial charge in [0.05, 0.1) is 0 Å². The van der Waals surface area contributed by atoms with Crippen molar-refractivity contribution in [1.29, 1.82) is 0 Å². The molecule has 0 atom stereocenters. The van der Waals surface area contributed by atoms with Crippen LogP contribution in [0.25, 0.3) is 10.6 Å². The van der Waals surface area contributed by atoms with E-state index in [1.807, 2.05) is 13.8 Å². The van der Waals surface area contributed by atoms with E-state index in [4.69, 9.17) is 0 Å². The van der Waals surface area contributed by atoms with Gasteiger partial charge in [0, 0.05) is 0 Å². The number of hydrogen-bond acceptors (Lipinski definition) is 2. The van der Waals surface area contributed by atoms with Crippen LogP contribution in [0, 0.1) is 0 Å². The minimum absolute atomic E-state index is 0. The Balaban J connectivity index is -0.000000295. The van der Waals surface area contributed by atoms with Crippen LogP contribution in [-0.4, -0.2) is 59.7 Å². The van der Waals surface area contributed by atoms with Crippen molar-refractivity contribution in [1.82, 2.24) is 0 Å². The molecule has 0 saturated heterocycles. The molecule has 122 valence electrons. The molecule has 21 heavy (non-hydrogen) atoms. The maximum absolute atomic E-state index is 4.27. The predicted octanol–water partition coefficient (Wildman–Crippen LogP) is 4.81. The summed E-state index contributed by atoms with van der Waals surface area (Å²) < 4.78 is 0. The molecule has 0 aromatic rings. The van der Waals surface area contributed by atoms with Gasteiger partial charge in [-0.05, 0) is 38.0 Å². The van der Waals surface area contributed by atoms with E-state index in [0.717, 1.165) is 11.7 Å². The standard InChI is InChI=1S/2C8H17N2.Sn/c2*1-6(2)9-8(5)10-7(3)4;/h2*6-7H,1-5H3;/q2*-1;+2. The van der Waals surface area contributed by atoms with Crippen LogP contribution in [0.4, 0.5) is 0 Å². The molecule has 4 nitrogen and oxygen atoms in total. The van der Waals surface area contributed by atoms with Crippen molar-refractivity contribution in [3.8, 4) is 0 Å². The van der Waals surface area contributed by atoms with Gasteiger partial charge >= 0.3 is 23.9 Å². The number of nitrogens with zero attached hydrogens (tertiary/aromatic N) is 4. The molecule has 0 unspecified atom stereocenters. The zero-order valence-electron chi connectivity index (χ0n) is 15.6. The minimum Gasteiger partial charge on any atom is -0.467 e. The molecule has 0 aliphatic heterocycles. The molecule has 0 aromatic heterocycles. The van der Waals surface area contributed by atoms with Crippen LogP contribution in [0.1, 0.15) is 69.2 Å². The second kappa shape index (κ2) is 14.7. The van der Waals surface area contributed by atoms with Crippen molar-refractivity contribution in [2.75, 3.05) is 0 Å². The number of rotatable bonds is 4. The normalized spacial score (nSPS) is 12.3. The second-order valence-electron chi connectivity index (χ2n) is 5.99. The van der Waals surface area contributed by atoms with Crippen LogP contribution in [0.3, 0.4) is 0 Å². The Morgan fingerprint density at radius 3 is 1.00 bits per heavy atom. The van der Waals surface area contributed by atoms with Gasteiger partial charge < -0.3 is 20.6 Å². The summed E-state index contributed by atoms with van der Waals surface area (Å²) in [7, 11) is 0. The zero-order chi connectivity index (χ0) is 16.3. The minimum atomic E-state index is 0. The van der Waals surface area contributed by atoms with E-state index >= 15 is 0 Å². The molecule has 0 heterocycles. The largest absolute Gasteiger partial charge is 2.00 e. The number of amidine groups is 2. The van der Waals surface area contributed by atoms with E-state index in [1.54, 1.807) is 0 Å². The molecule has 2 radical (unpaired) electrons. The van der Waals surface area contributed by atoms with Crippen molar-refractivity contribution in [2.24, 2.45) is 9.98 Å². The van der Waals surface area contributed by atoms with Gasteiger partial charge in [-0.15, -0.1) is 0 Å². The first kappa shape index (κ1) is 25.7. The Bertz CT molecular complexity index is 265. The third-order valence-corrected chi connectivity index (χ3v) is 1.78. The van der Waals surface area contributed by atoms with E-state index in [1.165, 1.54) is 0 Å². The molecular formula is C16H34N4Sn. The average molecular weight is 401 g/mol. The van der Waals surface area contributed by atoms with Gasteiger partial charge in [0.25, 0.3) is 0 Å². The van der Waals surface area contributed by atoms with Crippen molar-refractivity contribution in [3.05, 3.63) is 10.6 Å². The predicted molar refractivity (Wildman–Crippen MR) is 99.2 cm³/mol. The quantitative estimate of drug-likeness (QED) is 0.369. The van der Waals surface area contributed by atoms with Gasteiger partial charge in [-0.3, -0.25) is 0 Å². The maximum Gasteiger partial charge on any atom is 2.00 e. The van der Waals surface area contributed by atoms with E-state index in [9.17, 15) is 0 Å². The Hall–Kier alpha value is -0.261. The van der Waals surface area contributed by atoms with Gasteiger partial charge in [0.2, 0.25) is 0 Å². The van der Waals surface area contributed by atoms with Gasteiger partial charge in [-0.2, -0.15) is 0 Å². The molecular weight excluding hydrogens is 367 g/mol. The van der Waals surface area contributed by atoms with Crippen LogP contribution in [-0.2, 0) is 0 Å². The maximum atomic E-state index is 4.27. The van der Waals surface area contributed by atoms with Gasteiger partial charge in [0.15, 0.2) is 0 Å². The Morgan fingerprint density at radius 2 is 0.857 bits per heavy atom. The van der Waals surface area contributed by atoms with Crippen LogP contribution < -0.4 is 0 Å². The van der Waals surface area contributed by atoms with Crippen LogP contribution in [0.5, 0.6) is 0 Å². The third-order valence-electron chi connectivity index (χ3n) is 1.78. The van der Waals surface area contributed by atoms with Crippen LogP contribution in [0.2, 0.25) is 0 Å². The summed E-state index contributed by atoms with van der Waals surface area (Å²) >= 11 is 0. The molecule has 0 amide bonds. The number of hydrogen-bond donors (Lipinski definition) is 0. The van der Waals surface area contributed by atoms with Crippen molar-refractivity contribution < 1.29 is 0 Å². The summed E-state index contributed by atoms with van der Waals surface area (Å²) in [6, 6.07) is 1.45. The first-order valence-corrected chi connectivity index (χ1v) is 7.55. The summed E-state index contributed by atoms with van der Waals surface area (Å²) in [5.41, 5.74) is 0. The van der Waals surface area contributed by atoms with Gasteiger partial charge in [-0.25, -0.2) is 0 Å². The number of aliphatic imine (C=N–C) groups is 2. The monoisotopic (exact) mass is 402 g/mol. The SMILES string of the molecule is CC(=NC(C)C)[N-]C(C)C.CC(=NC(C)C)[N-]C(C)C.[Sn+2]. The van der Waals surface area contributed by atoms with E-state index in [0.29, 0.717) is 24.2 Å². The smallest absolute Gasteiger partial charge is 0.467 e. The fourth-order valence-electron chi connectivity index (χ4n) is 1.56. The van der Waals surface area contributed by atoms with Crippen LogP contribution >= 0.6 is 0 Å². The van der Waals surface area contributed by atoms with E-state index in [2.05, 4.69) is 76.0 Å². The molecule has 0 N–H and O–H groups in total. The van der Waals surface area contributed by atoms with E-state index < -0.39 is 0 Å². The summed E-state index contributed by atoms with van der Waals surface area (Å²) in [5, 5.41) is 8.54. The summed E-state index contributed by atoms with van der Waals surface area (Å²) in [4.78, 5) is 8.54. The summed E-state index contributed by atoms with van der Waals surface area (Å²) in [6.07, 6.45) is 0. The fraction of sp³-hybridized carbons (Fsp3) is 0.875. The fourth-order valence-corrected chi connectivity index (χ4v) is 1.56. The molecule has 0 aliphatic rings. The first-order valence-electron chi connectivity index (χ1n) is 7.55. The first-order chi connectivity index (χ1) is 9.04. The van der Waals surface area contributed by atoms with Crippen molar-refractivity contribution >= 4 is 35.6 Å². The van der Waals surface area contributed by atoms with Crippen molar-refractivity contribution in [3.63, 3.8) is 0 Å². The molecule has 5 heteroatoms. The molecule has 0 aromatic carbocycles. The van der Waals surface area contributed by atoms with E-state index in [-0.39, 0.29) is 23.9 Å². The molecule has 0 spiro atoms. The summed E-state index contributed by atoms with van der Waals surface area (Å²) in [6.45, 7) is 20.3. The molecule has 0 fully saturated rings. The van der Waals surface area contributed by atoms with Crippen LogP contribution in [0.15, 0.2) is 9.98 Å². The Labute approximate surface area is 149 Å². The Kier molecular flexibility index (Phi) is 17.9. The van der Waals surface area contributed by atoms with Gasteiger partial charge in [-0.1, -0.05) is 67.1 Å². The summed E-state index contributed by atoms with van der Waals surface area (Å²) in [5.74, 6) is 1.81. The average Bonchev–Trinajstić information content (AvgIpc) is 2.11. The molecule has 0 rings (SSSR count). The van der Waals surface area contributed by atoms with Crippen molar-refractivity contribution in [2.45, 2.75) is 93.4 Å². The molecule has 0 aliphatic carbocycles. The molecule has 0 bridgehead atoms. The molecule has 0 saturated carbocycles. The van der Waals surface area contributed by atoms with Gasteiger partial charge in [0.1, 0.15) is 0 Å².